The molecule has 3 N–H and O–H groups in total. The van der Waals surface area contributed by atoms with E-state index >= 15 is 0 Å². The Morgan fingerprint density at radius 2 is 0.862 bits per heavy atom. The third-order valence-electron chi connectivity index (χ3n) is 5.31. The van der Waals surface area contributed by atoms with Crippen molar-refractivity contribution in [1.29, 1.82) is 0 Å². The van der Waals surface area contributed by atoms with Crippen molar-refractivity contribution in [2.45, 2.75) is 6.42 Å². The van der Waals surface area contributed by atoms with Gasteiger partial charge in [-0.25, -0.2) is 0 Å². The molecule has 0 aromatic heterocycles. The van der Waals surface area contributed by atoms with Crippen molar-refractivity contribution in [3.05, 3.63) is 126 Å². The molecule has 0 saturated carbocycles. The van der Waals surface area contributed by atoms with E-state index in [0.717, 1.165) is 6.42 Å². The minimum atomic E-state index is -2.93. The van der Waals surface area contributed by atoms with Crippen LogP contribution in [-0.4, -0.2) is 0 Å². The van der Waals surface area contributed by atoms with Gasteiger partial charge >= 0.3 is 175 Å². The number of hydrogen-bond acceptors (Lipinski definition) is 0. The van der Waals surface area contributed by atoms with Crippen LogP contribution >= 0.6 is 20.9 Å². The van der Waals surface area contributed by atoms with Gasteiger partial charge in [-0.3, -0.25) is 0 Å². The van der Waals surface area contributed by atoms with Gasteiger partial charge in [-0.2, -0.15) is 0 Å². The summed E-state index contributed by atoms with van der Waals surface area (Å²) < 4.78 is 0. The van der Waals surface area contributed by atoms with E-state index in [-0.39, 0.29) is 17.0 Å². The maximum absolute atomic E-state index is 4.87. The molecule has 4 aromatic carbocycles. The predicted molar refractivity (Wildman–Crippen MR) is 126 cm³/mol. The van der Waals surface area contributed by atoms with Crippen molar-refractivity contribution < 1.29 is 22.5 Å². The Labute approximate surface area is 191 Å². The van der Waals surface area contributed by atoms with E-state index in [2.05, 4.69) is 131 Å². The van der Waals surface area contributed by atoms with Crippen LogP contribution in [0.2, 0.25) is 0 Å². The van der Waals surface area contributed by atoms with Crippen molar-refractivity contribution in [3.8, 4) is 0 Å². The van der Waals surface area contributed by atoms with Crippen LogP contribution in [0.4, 0.5) is 0 Å². The van der Waals surface area contributed by atoms with Crippen LogP contribution < -0.4 is 38.4 Å². The Hall–Kier alpha value is -1.77. The fraction of sp³-hybridized carbons (Fsp3) is 0.0400. The molecule has 0 bridgehead atoms. The van der Waals surface area contributed by atoms with Crippen molar-refractivity contribution in [2.75, 3.05) is 0 Å². The summed E-state index contributed by atoms with van der Waals surface area (Å²) in [5, 5.41) is 3.70. The topological polar surface area (TPSA) is 27.6 Å². The Morgan fingerprint density at radius 3 is 1.31 bits per heavy atom. The van der Waals surface area contributed by atoms with Gasteiger partial charge in [0.2, 0.25) is 0 Å². The quantitative estimate of drug-likeness (QED) is 0.381. The van der Waals surface area contributed by atoms with Gasteiger partial charge in [-0.05, 0) is 0 Å². The number of quaternary nitrogens is 1. The molecule has 0 amide bonds. The summed E-state index contributed by atoms with van der Waals surface area (Å²) in [6.07, 6.45) is 0.938. The second-order valence-electron chi connectivity index (χ2n) is 7.18. The Bertz CT molecular complexity index is 1010. The van der Waals surface area contributed by atoms with Gasteiger partial charge in [0.15, 0.2) is 0 Å². The number of benzene rings is 4. The fourth-order valence-electron chi connectivity index (χ4n) is 3.68. The number of hydrogen-bond donors (Lipinski definition) is 1. The van der Waals surface area contributed by atoms with Gasteiger partial charge < -0.3 is 17.0 Å². The molecule has 0 fully saturated rings. The van der Waals surface area contributed by atoms with Crippen LogP contribution in [0.25, 0.3) is 0 Å². The van der Waals surface area contributed by atoms with Gasteiger partial charge in [-0.15, -0.1) is 0 Å². The van der Waals surface area contributed by atoms with Crippen LogP contribution in [0.15, 0.2) is 115 Å². The molecule has 0 heterocycles. The molecule has 0 atom stereocenters. The number of rotatable bonds is 5. The van der Waals surface area contributed by atoms with E-state index in [1.54, 1.807) is 0 Å². The summed E-state index contributed by atoms with van der Waals surface area (Å²) in [6.45, 7) is 0. The SMILES string of the molecule is [Br-].[NH3+]P(Br)(c1ccccc1)(c1ccccc1)c1ccc(Cc2ccccc2)cc1. The first-order valence-electron chi connectivity index (χ1n) is 9.42. The molecule has 4 heteroatoms. The first-order valence-corrected chi connectivity index (χ1v) is 13.9. The van der Waals surface area contributed by atoms with Gasteiger partial charge in [0.1, 0.15) is 0 Å². The summed E-state index contributed by atoms with van der Waals surface area (Å²) in [6, 6.07) is 40.8. The monoisotopic (exact) mass is 527 g/mol. The summed E-state index contributed by atoms with van der Waals surface area (Å²) in [7, 11) is 0. The molecular formula is C25H24Br2NP. The molecule has 0 saturated heterocycles. The van der Waals surface area contributed by atoms with Gasteiger partial charge in [0.05, 0.1) is 0 Å². The molecule has 0 aliphatic rings. The van der Waals surface area contributed by atoms with Crippen molar-refractivity contribution >= 4 is 36.9 Å². The van der Waals surface area contributed by atoms with Gasteiger partial charge in [0.25, 0.3) is 0 Å². The van der Waals surface area contributed by atoms with E-state index in [4.69, 9.17) is 5.50 Å². The van der Waals surface area contributed by atoms with E-state index in [1.165, 1.54) is 27.0 Å². The van der Waals surface area contributed by atoms with E-state index in [0.29, 0.717) is 0 Å². The molecule has 0 radical (unpaired) electrons. The molecule has 0 aliphatic heterocycles. The Balaban J connectivity index is 0.00000240. The third kappa shape index (κ3) is 4.25. The van der Waals surface area contributed by atoms with Crippen LogP contribution in [0, 0.1) is 0 Å². The Kier molecular flexibility index (Phi) is 6.76. The zero-order valence-corrected chi connectivity index (χ0v) is 20.2. The van der Waals surface area contributed by atoms with Crippen LogP contribution in [0.3, 0.4) is 0 Å². The van der Waals surface area contributed by atoms with Crippen LogP contribution in [-0.2, 0) is 6.42 Å². The minimum absolute atomic E-state index is 0. The molecule has 0 unspecified atom stereocenters. The molecular weight excluding hydrogens is 505 g/mol. The average molecular weight is 529 g/mol. The van der Waals surface area contributed by atoms with E-state index in [9.17, 15) is 0 Å². The molecule has 29 heavy (non-hydrogen) atoms. The number of halogens is 2. The average Bonchev–Trinajstić information content (AvgIpc) is 2.76. The van der Waals surface area contributed by atoms with E-state index < -0.39 is 5.46 Å². The molecule has 1 nitrogen and oxygen atoms in total. The second-order valence-corrected chi connectivity index (χ2v) is 15.8. The van der Waals surface area contributed by atoms with Crippen molar-refractivity contribution in [2.24, 2.45) is 0 Å². The first kappa shape index (κ1) is 21.9. The van der Waals surface area contributed by atoms with E-state index in [1.807, 2.05) is 0 Å². The molecule has 0 spiro atoms. The van der Waals surface area contributed by atoms with Gasteiger partial charge in [0, 0.05) is 0 Å². The summed E-state index contributed by atoms with van der Waals surface area (Å²) >= 11 is 4.22. The molecule has 4 rings (SSSR count). The second kappa shape index (κ2) is 8.93. The van der Waals surface area contributed by atoms with Crippen molar-refractivity contribution in [1.82, 2.24) is 0 Å². The van der Waals surface area contributed by atoms with Crippen molar-refractivity contribution in [3.63, 3.8) is 0 Å². The molecule has 148 valence electrons. The summed E-state index contributed by atoms with van der Waals surface area (Å²) in [5.41, 5.74) is 4.57. The summed E-state index contributed by atoms with van der Waals surface area (Å²) in [5.74, 6) is 0. The van der Waals surface area contributed by atoms with Gasteiger partial charge in [-0.1, -0.05) is 0 Å². The zero-order valence-electron chi connectivity index (χ0n) is 16.1. The first-order chi connectivity index (χ1) is 13.6. The maximum atomic E-state index is 4.87. The summed E-state index contributed by atoms with van der Waals surface area (Å²) in [4.78, 5) is 0. The fourth-order valence-corrected chi connectivity index (χ4v) is 9.06. The normalized spacial score (nSPS) is 12.4. The predicted octanol–water partition coefficient (Wildman–Crippen LogP) is 1.58. The van der Waals surface area contributed by atoms with Crippen LogP contribution in [0.1, 0.15) is 11.1 Å². The molecule has 4 aromatic rings. The Morgan fingerprint density at radius 1 is 0.517 bits per heavy atom. The zero-order chi connectivity index (χ0) is 19.5. The standard InChI is InChI=1S/C25H23BrNP.BrH/c26-28(27,23-12-6-2-7-13-23,24-14-8-3-9-15-24)25-18-16-22(17-19-25)20-21-10-4-1-5-11-21;/h1-19H,20,27H2;1H. The van der Waals surface area contributed by atoms with Crippen LogP contribution in [0.5, 0.6) is 0 Å². The molecule has 0 aliphatic carbocycles. The third-order valence-corrected chi connectivity index (χ3v) is 13.1.